The number of carbonyl (C=O) groups excluding carboxylic acids is 1. The first-order valence-electron chi connectivity index (χ1n) is 5.73. The van der Waals surface area contributed by atoms with E-state index >= 15 is 0 Å². The van der Waals surface area contributed by atoms with E-state index in [0.29, 0.717) is 0 Å². The number of aromatic nitrogens is 1. The number of hydrogen-bond acceptors (Lipinski definition) is 5. The Hall–Kier alpha value is -1.76. The first kappa shape index (κ1) is 15.3. The minimum absolute atomic E-state index is 0.00969. The van der Waals surface area contributed by atoms with Crippen molar-refractivity contribution in [1.29, 1.82) is 0 Å². The number of hydrogen-bond donors (Lipinski definition) is 1. The Kier molecular flexibility index (Phi) is 5.62. The minimum Gasteiger partial charge on any atom is -0.481 e. The van der Waals surface area contributed by atoms with Gasteiger partial charge in [0, 0.05) is 17.7 Å². The predicted octanol–water partition coefficient (Wildman–Crippen LogP) is 1.59. The Morgan fingerprint density at radius 2 is 2.21 bits per heavy atom. The molecule has 5 nitrogen and oxygen atoms in total. The largest absolute Gasteiger partial charge is 0.481 e. The first-order valence-corrected chi connectivity index (χ1v) is 5.73. The van der Waals surface area contributed by atoms with Crippen LogP contribution in [0, 0.1) is 0 Å². The van der Waals surface area contributed by atoms with Crippen LogP contribution in [0.4, 0.5) is 8.78 Å². The molecule has 0 unspecified atom stereocenters. The summed E-state index contributed by atoms with van der Waals surface area (Å²) >= 11 is 0. The lowest BCUT2D eigenvalue weighted by Crippen LogP contribution is -2.13. The molecule has 106 valence electrons. The monoisotopic (exact) mass is 274 g/mol. The molecule has 2 N–H and O–H groups in total. The normalized spacial score (nSPS) is 10.6. The van der Waals surface area contributed by atoms with Crippen LogP contribution in [0.5, 0.6) is 5.88 Å². The van der Waals surface area contributed by atoms with Crippen molar-refractivity contribution in [3.63, 3.8) is 0 Å². The molecule has 0 atom stereocenters. The molecule has 1 heterocycles. The molecule has 0 saturated heterocycles. The number of esters is 1. The Morgan fingerprint density at radius 1 is 1.53 bits per heavy atom. The maximum Gasteiger partial charge on any atom is 0.310 e. The zero-order valence-corrected chi connectivity index (χ0v) is 10.8. The molecule has 0 bridgehead atoms. The highest BCUT2D eigenvalue weighted by atomic mass is 19.3. The third kappa shape index (κ3) is 3.85. The fraction of sp³-hybridized carbons (Fsp3) is 0.500. The maximum absolute atomic E-state index is 13.0. The van der Waals surface area contributed by atoms with E-state index in [1.54, 1.807) is 6.92 Å². The molecule has 0 aromatic carbocycles. The van der Waals surface area contributed by atoms with Gasteiger partial charge >= 0.3 is 5.97 Å². The summed E-state index contributed by atoms with van der Waals surface area (Å²) in [4.78, 5) is 15.4. The molecule has 0 radical (unpaired) electrons. The van der Waals surface area contributed by atoms with Crippen molar-refractivity contribution in [2.45, 2.75) is 26.3 Å². The van der Waals surface area contributed by atoms with E-state index in [-0.39, 0.29) is 42.3 Å². The van der Waals surface area contributed by atoms with E-state index in [9.17, 15) is 13.6 Å². The van der Waals surface area contributed by atoms with Crippen molar-refractivity contribution < 1.29 is 23.0 Å². The highest BCUT2D eigenvalue weighted by molar-refractivity contribution is 5.74. The van der Waals surface area contributed by atoms with E-state index in [4.69, 9.17) is 15.2 Å². The van der Waals surface area contributed by atoms with Gasteiger partial charge in [0.2, 0.25) is 5.88 Å². The van der Waals surface area contributed by atoms with Crippen LogP contribution in [0.15, 0.2) is 6.07 Å². The van der Waals surface area contributed by atoms with Gasteiger partial charge in [-0.05, 0) is 13.0 Å². The summed E-state index contributed by atoms with van der Waals surface area (Å²) in [5.74, 6) is -0.628. The molecule has 1 aromatic heterocycles. The Morgan fingerprint density at radius 3 is 2.68 bits per heavy atom. The molecular weight excluding hydrogens is 258 g/mol. The lowest BCUT2D eigenvalue weighted by Gasteiger charge is -2.14. The van der Waals surface area contributed by atoms with Crippen LogP contribution in [0.3, 0.4) is 0 Å². The van der Waals surface area contributed by atoms with Gasteiger partial charge < -0.3 is 15.2 Å². The molecule has 0 amide bonds. The molecule has 1 aromatic rings. The van der Waals surface area contributed by atoms with Crippen LogP contribution >= 0.6 is 0 Å². The van der Waals surface area contributed by atoms with Gasteiger partial charge in [-0.3, -0.25) is 4.79 Å². The van der Waals surface area contributed by atoms with Crippen molar-refractivity contribution in [3.8, 4) is 5.88 Å². The highest BCUT2D eigenvalue weighted by Gasteiger charge is 2.22. The summed E-state index contributed by atoms with van der Waals surface area (Å²) in [5.41, 5.74) is 5.39. The van der Waals surface area contributed by atoms with Gasteiger partial charge in [0.25, 0.3) is 6.43 Å². The second-order valence-corrected chi connectivity index (χ2v) is 3.68. The van der Waals surface area contributed by atoms with Gasteiger partial charge in [-0.25, -0.2) is 13.8 Å². The van der Waals surface area contributed by atoms with Crippen molar-refractivity contribution in [3.05, 3.63) is 22.9 Å². The van der Waals surface area contributed by atoms with Crippen LogP contribution in [0.1, 0.15) is 30.2 Å². The standard InChI is InChI=1S/C12H16F2N2O3/c1-3-19-10(17)5-9-8(11(13)14)4-7(6-15)16-12(9)18-2/h4,11H,3,5-6,15H2,1-2H3. The summed E-state index contributed by atoms with van der Waals surface area (Å²) in [6.07, 6.45) is -3.05. The minimum atomic E-state index is -2.74. The van der Waals surface area contributed by atoms with Crippen LogP contribution < -0.4 is 10.5 Å². The quantitative estimate of drug-likeness (QED) is 0.797. The van der Waals surface area contributed by atoms with E-state index in [2.05, 4.69) is 4.98 Å². The molecule has 7 heteroatoms. The summed E-state index contributed by atoms with van der Waals surface area (Å²) in [6.45, 7) is 1.83. The Bertz CT molecular complexity index is 453. The Balaban J connectivity index is 3.21. The molecule has 19 heavy (non-hydrogen) atoms. The number of nitrogens with two attached hydrogens (primary N) is 1. The summed E-state index contributed by atoms with van der Waals surface area (Å²) in [6, 6.07) is 1.18. The lowest BCUT2D eigenvalue weighted by atomic mass is 10.1. The van der Waals surface area contributed by atoms with E-state index < -0.39 is 12.4 Å². The van der Waals surface area contributed by atoms with E-state index in [1.807, 2.05) is 0 Å². The number of ether oxygens (including phenoxy) is 2. The lowest BCUT2D eigenvalue weighted by molar-refractivity contribution is -0.142. The molecule has 0 aliphatic rings. The fourth-order valence-electron chi connectivity index (χ4n) is 1.62. The van der Waals surface area contributed by atoms with Gasteiger partial charge in [0.1, 0.15) is 0 Å². The van der Waals surface area contributed by atoms with Crippen LogP contribution in [-0.2, 0) is 22.5 Å². The third-order valence-electron chi connectivity index (χ3n) is 2.44. The van der Waals surface area contributed by atoms with Gasteiger partial charge in [0.15, 0.2) is 0 Å². The van der Waals surface area contributed by atoms with Crippen LogP contribution in [-0.4, -0.2) is 24.7 Å². The molecule has 0 spiro atoms. The zero-order chi connectivity index (χ0) is 14.4. The van der Waals surface area contributed by atoms with Crippen molar-refractivity contribution >= 4 is 5.97 Å². The number of methoxy groups -OCH3 is 1. The highest BCUT2D eigenvalue weighted by Crippen LogP contribution is 2.30. The summed E-state index contributed by atoms with van der Waals surface area (Å²) in [5, 5.41) is 0. The van der Waals surface area contributed by atoms with Crippen molar-refractivity contribution in [2.75, 3.05) is 13.7 Å². The molecule has 0 fully saturated rings. The molecule has 0 aliphatic carbocycles. The molecule has 0 saturated carbocycles. The first-order chi connectivity index (χ1) is 9.03. The van der Waals surface area contributed by atoms with Gasteiger partial charge in [-0.1, -0.05) is 0 Å². The van der Waals surface area contributed by atoms with Crippen molar-refractivity contribution in [2.24, 2.45) is 5.73 Å². The topological polar surface area (TPSA) is 74.4 Å². The van der Waals surface area contributed by atoms with Crippen LogP contribution in [0.25, 0.3) is 0 Å². The molecular formula is C12H16F2N2O3. The number of carbonyl (C=O) groups is 1. The van der Waals surface area contributed by atoms with Crippen LogP contribution in [0.2, 0.25) is 0 Å². The predicted molar refractivity (Wildman–Crippen MR) is 64.0 cm³/mol. The average Bonchev–Trinajstić information content (AvgIpc) is 2.38. The zero-order valence-electron chi connectivity index (χ0n) is 10.8. The third-order valence-corrected chi connectivity index (χ3v) is 2.44. The SMILES string of the molecule is CCOC(=O)Cc1c(C(F)F)cc(CN)nc1OC. The maximum atomic E-state index is 13.0. The number of halogens is 2. The second kappa shape index (κ2) is 6.98. The Labute approximate surface area is 109 Å². The van der Waals surface area contributed by atoms with Gasteiger partial charge in [-0.2, -0.15) is 0 Å². The molecule has 0 aliphatic heterocycles. The van der Waals surface area contributed by atoms with Gasteiger partial charge in [0.05, 0.1) is 25.8 Å². The number of nitrogens with zero attached hydrogens (tertiary/aromatic N) is 1. The summed E-state index contributed by atoms with van der Waals surface area (Å²) in [7, 11) is 1.30. The average molecular weight is 274 g/mol. The van der Waals surface area contributed by atoms with Crippen molar-refractivity contribution in [1.82, 2.24) is 4.98 Å². The number of pyridine rings is 1. The smallest absolute Gasteiger partial charge is 0.310 e. The number of alkyl halides is 2. The second-order valence-electron chi connectivity index (χ2n) is 3.68. The molecule has 1 rings (SSSR count). The fourth-order valence-corrected chi connectivity index (χ4v) is 1.62. The van der Waals surface area contributed by atoms with E-state index in [0.717, 1.165) is 0 Å². The number of rotatable bonds is 6. The summed E-state index contributed by atoms with van der Waals surface area (Å²) < 4.78 is 35.7. The van der Waals surface area contributed by atoms with Gasteiger partial charge in [-0.15, -0.1) is 0 Å². The van der Waals surface area contributed by atoms with E-state index in [1.165, 1.54) is 13.2 Å².